The maximum atomic E-state index is 13.3. The Morgan fingerprint density at radius 3 is 2.59 bits per heavy atom. The fraction of sp³-hybridized carbons (Fsp3) is 0.143. The van der Waals surface area contributed by atoms with E-state index >= 15 is 0 Å². The summed E-state index contributed by atoms with van der Waals surface area (Å²) in [6.45, 7) is 4.24. The first-order chi connectivity index (χ1) is 13.9. The van der Waals surface area contributed by atoms with Crippen LogP contribution in [0.2, 0.25) is 0 Å². The minimum absolute atomic E-state index is 0.0646. The second-order valence-electron chi connectivity index (χ2n) is 6.63. The standard InChI is InChI=1S/C21H17N3O4S/c1-13-5-10-18-19(14(13)2)22-21(29-18)23(12-17-4-3-11-28-17)20(25)15-6-8-16(9-7-15)24(26)27/h3-11H,12H2,1-2H3. The van der Waals surface area contributed by atoms with Gasteiger partial charge in [0.05, 0.1) is 27.9 Å². The lowest BCUT2D eigenvalue weighted by Crippen LogP contribution is -2.30. The fourth-order valence-corrected chi connectivity index (χ4v) is 4.02. The van der Waals surface area contributed by atoms with Crippen LogP contribution in [0, 0.1) is 24.0 Å². The number of anilines is 1. The van der Waals surface area contributed by atoms with Gasteiger partial charge in [0.2, 0.25) is 0 Å². The Bertz CT molecular complexity index is 1200. The normalized spacial score (nSPS) is 11.0. The van der Waals surface area contributed by atoms with Crippen molar-refractivity contribution in [3.63, 3.8) is 0 Å². The number of carbonyl (C=O) groups excluding carboxylic acids is 1. The number of furan rings is 1. The van der Waals surface area contributed by atoms with Crippen LogP contribution in [0.4, 0.5) is 10.8 Å². The molecule has 0 aliphatic heterocycles. The highest BCUT2D eigenvalue weighted by molar-refractivity contribution is 7.22. The molecule has 0 saturated heterocycles. The van der Waals surface area contributed by atoms with Crippen LogP contribution in [0.3, 0.4) is 0 Å². The largest absolute Gasteiger partial charge is 0.467 e. The summed E-state index contributed by atoms with van der Waals surface area (Å²) < 4.78 is 6.42. The Labute approximate surface area is 170 Å². The third kappa shape index (κ3) is 3.62. The van der Waals surface area contributed by atoms with Gasteiger partial charge in [-0.1, -0.05) is 17.4 Å². The lowest BCUT2D eigenvalue weighted by atomic mass is 10.1. The lowest BCUT2D eigenvalue weighted by Gasteiger charge is -2.18. The second kappa shape index (κ2) is 7.48. The average molecular weight is 407 g/mol. The number of thiazole rings is 1. The van der Waals surface area contributed by atoms with Gasteiger partial charge in [0.15, 0.2) is 5.13 Å². The number of nitrogens with zero attached hydrogens (tertiary/aromatic N) is 3. The number of amides is 1. The van der Waals surface area contributed by atoms with E-state index in [-0.39, 0.29) is 18.1 Å². The van der Waals surface area contributed by atoms with Crippen molar-refractivity contribution in [1.29, 1.82) is 0 Å². The Hall–Kier alpha value is -3.52. The molecular weight excluding hydrogens is 390 g/mol. The summed E-state index contributed by atoms with van der Waals surface area (Å²) >= 11 is 1.43. The van der Waals surface area contributed by atoms with Gasteiger partial charge in [0.25, 0.3) is 11.6 Å². The molecule has 0 spiro atoms. The van der Waals surface area contributed by atoms with E-state index in [1.54, 1.807) is 23.3 Å². The van der Waals surface area contributed by atoms with Crippen molar-refractivity contribution in [3.8, 4) is 0 Å². The van der Waals surface area contributed by atoms with Crippen LogP contribution in [0.25, 0.3) is 10.2 Å². The summed E-state index contributed by atoms with van der Waals surface area (Å²) in [7, 11) is 0. The van der Waals surface area contributed by atoms with Crippen LogP contribution >= 0.6 is 11.3 Å². The summed E-state index contributed by atoms with van der Waals surface area (Å²) in [5.74, 6) is 0.317. The zero-order valence-electron chi connectivity index (χ0n) is 15.8. The molecule has 0 aliphatic carbocycles. The lowest BCUT2D eigenvalue weighted by molar-refractivity contribution is -0.384. The number of nitro benzene ring substituents is 1. The smallest absolute Gasteiger partial charge is 0.269 e. The van der Waals surface area contributed by atoms with Crippen LogP contribution < -0.4 is 4.90 Å². The topological polar surface area (TPSA) is 89.5 Å². The summed E-state index contributed by atoms with van der Waals surface area (Å²) in [6.07, 6.45) is 1.55. The molecule has 29 heavy (non-hydrogen) atoms. The van der Waals surface area contributed by atoms with Crippen LogP contribution in [-0.2, 0) is 6.54 Å². The monoisotopic (exact) mass is 407 g/mol. The van der Waals surface area contributed by atoms with Crippen molar-refractivity contribution >= 4 is 38.3 Å². The first kappa shape index (κ1) is 18.8. The van der Waals surface area contributed by atoms with Gasteiger partial charge in [0, 0.05) is 17.7 Å². The average Bonchev–Trinajstić information content (AvgIpc) is 3.38. The summed E-state index contributed by atoms with van der Waals surface area (Å²) in [4.78, 5) is 29.9. The number of hydrogen-bond donors (Lipinski definition) is 0. The van der Waals surface area contributed by atoms with E-state index in [1.807, 2.05) is 26.0 Å². The van der Waals surface area contributed by atoms with Crippen molar-refractivity contribution in [1.82, 2.24) is 4.98 Å². The maximum absolute atomic E-state index is 13.3. The number of hydrogen-bond acceptors (Lipinski definition) is 6. The quantitative estimate of drug-likeness (QED) is 0.332. The summed E-state index contributed by atoms with van der Waals surface area (Å²) in [6, 6.07) is 13.1. The van der Waals surface area contributed by atoms with Crippen molar-refractivity contribution in [2.45, 2.75) is 20.4 Å². The van der Waals surface area contributed by atoms with Crippen LogP contribution in [0.15, 0.2) is 59.2 Å². The van der Waals surface area contributed by atoms with Crippen molar-refractivity contribution in [2.24, 2.45) is 0 Å². The van der Waals surface area contributed by atoms with Gasteiger partial charge in [-0.15, -0.1) is 0 Å². The summed E-state index contributed by atoms with van der Waals surface area (Å²) in [5, 5.41) is 11.4. The van der Waals surface area contributed by atoms with E-state index in [4.69, 9.17) is 9.40 Å². The van der Waals surface area contributed by atoms with E-state index < -0.39 is 4.92 Å². The first-order valence-corrected chi connectivity index (χ1v) is 9.71. The van der Waals surface area contributed by atoms with E-state index in [1.165, 1.54) is 35.6 Å². The Kier molecular flexibility index (Phi) is 4.85. The van der Waals surface area contributed by atoms with Gasteiger partial charge in [-0.2, -0.15) is 0 Å². The molecule has 2 aromatic heterocycles. The minimum atomic E-state index is -0.493. The molecule has 7 nitrogen and oxygen atoms in total. The minimum Gasteiger partial charge on any atom is -0.467 e. The third-order valence-electron chi connectivity index (χ3n) is 4.77. The molecule has 0 N–H and O–H groups in total. The van der Waals surface area contributed by atoms with Gasteiger partial charge in [-0.3, -0.25) is 19.8 Å². The van der Waals surface area contributed by atoms with E-state index in [9.17, 15) is 14.9 Å². The zero-order chi connectivity index (χ0) is 20.5. The van der Waals surface area contributed by atoms with Gasteiger partial charge in [0.1, 0.15) is 5.76 Å². The number of rotatable bonds is 5. The van der Waals surface area contributed by atoms with Gasteiger partial charge >= 0.3 is 0 Å². The molecule has 0 bridgehead atoms. The SMILES string of the molecule is Cc1ccc2sc(N(Cc3ccco3)C(=O)c3ccc([N+](=O)[O-])cc3)nc2c1C. The molecule has 0 fully saturated rings. The Balaban J connectivity index is 1.76. The number of aromatic nitrogens is 1. The zero-order valence-corrected chi connectivity index (χ0v) is 16.6. The maximum Gasteiger partial charge on any atom is 0.269 e. The Morgan fingerprint density at radius 2 is 1.93 bits per heavy atom. The first-order valence-electron chi connectivity index (χ1n) is 8.89. The predicted molar refractivity (Wildman–Crippen MR) is 111 cm³/mol. The molecule has 2 aromatic carbocycles. The van der Waals surface area contributed by atoms with Gasteiger partial charge in [-0.25, -0.2) is 4.98 Å². The number of benzene rings is 2. The molecule has 0 radical (unpaired) electrons. The number of fused-ring (bicyclic) bond motifs is 1. The number of nitro groups is 1. The van der Waals surface area contributed by atoms with Gasteiger partial charge < -0.3 is 4.42 Å². The van der Waals surface area contributed by atoms with Crippen molar-refractivity contribution < 1.29 is 14.1 Å². The molecule has 0 atom stereocenters. The summed E-state index contributed by atoms with van der Waals surface area (Å²) in [5.41, 5.74) is 3.35. The van der Waals surface area contributed by atoms with E-state index in [0.717, 1.165) is 21.3 Å². The van der Waals surface area contributed by atoms with Crippen LogP contribution in [0.5, 0.6) is 0 Å². The van der Waals surface area contributed by atoms with Crippen molar-refractivity contribution in [3.05, 3.63) is 87.4 Å². The number of non-ortho nitro benzene ring substituents is 1. The number of aryl methyl sites for hydroxylation is 2. The van der Waals surface area contributed by atoms with E-state index in [2.05, 4.69) is 0 Å². The molecule has 2 heterocycles. The molecule has 0 saturated carbocycles. The molecule has 8 heteroatoms. The fourth-order valence-electron chi connectivity index (χ4n) is 3.00. The van der Waals surface area contributed by atoms with Crippen LogP contribution in [-0.4, -0.2) is 15.8 Å². The van der Waals surface area contributed by atoms with Crippen LogP contribution in [0.1, 0.15) is 27.2 Å². The highest BCUT2D eigenvalue weighted by Gasteiger charge is 2.24. The highest BCUT2D eigenvalue weighted by Crippen LogP contribution is 2.33. The second-order valence-corrected chi connectivity index (χ2v) is 7.63. The molecule has 4 rings (SSSR count). The molecule has 0 unspecified atom stereocenters. The Morgan fingerprint density at radius 1 is 1.17 bits per heavy atom. The molecule has 146 valence electrons. The van der Waals surface area contributed by atoms with Crippen molar-refractivity contribution in [2.75, 3.05) is 4.90 Å². The molecular formula is C21H17N3O4S. The molecule has 4 aromatic rings. The van der Waals surface area contributed by atoms with E-state index in [0.29, 0.717) is 16.5 Å². The molecule has 1 amide bonds. The highest BCUT2D eigenvalue weighted by atomic mass is 32.1. The third-order valence-corrected chi connectivity index (χ3v) is 5.81. The molecule has 0 aliphatic rings. The van der Waals surface area contributed by atoms with Gasteiger partial charge in [-0.05, 0) is 55.3 Å². The number of carbonyl (C=O) groups is 1. The predicted octanol–water partition coefficient (Wildman–Crippen LogP) is 5.26.